The van der Waals surface area contributed by atoms with E-state index in [0.29, 0.717) is 12.3 Å². The van der Waals surface area contributed by atoms with Crippen LogP contribution in [-0.2, 0) is 11.8 Å². The Bertz CT molecular complexity index is 1080. The van der Waals surface area contributed by atoms with Crippen LogP contribution in [0.4, 0.5) is 5.69 Å². The first kappa shape index (κ1) is 23.3. The molecule has 0 unspecified atom stereocenters. The molecule has 1 aliphatic rings. The molecule has 0 aliphatic carbocycles. The molecule has 1 aromatic heterocycles. The van der Waals surface area contributed by atoms with Gasteiger partial charge in [-0.05, 0) is 58.3 Å². The monoisotopic (exact) mass is 447 g/mol. The predicted molar refractivity (Wildman–Crippen MR) is 137 cm³/mol. The number of nitrogens with zero attached hydrogens (tertiary/aromatic N) is 4. The average molecular weight is 448 g/mol. The topological polar surface area (TPSA) is 53.4 Å². The highest BCUT2D eigenvalue weighted by atomic mass is 16.1. The second-order valence-corrected chi connectivity index (χ2v) is 9.63. The lowest BCUT2D eigenvalue weighted by atomic mass is 9.91. The molecule has 1 fully saturated rings. The Labute approximate surface area is 197 Å². The van der Waals surface area contributed by atoms with Gasteiger partial charge < -0.3 is 19.7 Å². The molecule has 0 bridgehead atoms. The highest BCUT2D eigenvalue weighted by Crippen LogP contribution is 2.33. The Morgan fingerprint density at radius 2 is 1.85 bits per heavy atom. The molecule has 1 saturated heterocycles. The van der Waals surface area contributed by atoms with E-state index in [1.165, 1.54) is 16.8 Å². The molecule has 2 heterocycles. The fourth-order valence-corrected chi connectivity index (χ4v) is 4.72. The summed E-state index contributed by atoms with van der Waals surface area (Å²) in [5.74, 6) is 1.81. The van der Waals surface area contributed by atoms with E-state index in [4.69, 9.17) is 4.98 Å². The van der Waals surface area contributed by atoms with Gasteiger partial charge in [0, 0.05) is 45.2 Å². The number of piperidine rings is 1. The lowest BCUT2D eigenvalue weighted by molar-refractivity contribution is -0.121. The third kappa shape index (κ3) is 5.56. The van der Waals surface area contributed by atoms with Crippen molar-refractivity contribution in [3.8, 4) is 11.4 Å². The number of anilines is 1. The van der Waals surface area contributed by atoms with Crippen molar-refractivity contribution >= 4 is 22.6 Å². The van der Waals surface area contributed by atoms with E-state index in [1.54, 1.807) is 0 Å². The number of carbonyl (C=O) groups excluding carboxylic acids is 1. The van der Waals surface area contributed by atoms with Gasteiger partial charge in [-0.3, -0.25) is 4.79 Å². The van der Waals surface area contributed by atoms with Crippen LogP contribution >= 0.6 is 0 Å². The van der Waals surface area contributed by atoms with Crippen LogP contribution in [-0.4, -0.2) is 60.6 Å². The van der Waals surface area contributed by atoms with Gasteiger partial charge >= 0.3 is 0 Å². The maximum atomic E-state index is 12.1. The van der Waals surface area contributed by atoms with Gasteiger partial charge in [0.05, 0.1) is 11.2 Å². The number of amides is 1. The quantitative estimate of drug-likeness (QED) is 0.562. The van der Waals surface area contributed by atoms with Gasteiger partial charge in [0.2, 0.25) is 5.91 Å². The van der Waals surface area contributed by atoms with Crippen LogP contribution in [0.2, 0.25) is 0 Å². The number of carbonyl (C=O) groups is 1. The number of imidazole rings is 1. The van der Waals surface area contributed by atoms with Crippen molar-refractivity contribution in [3.63, 3.8) is 0 Å². The van der Waals surface area contributed by atoms with Crippen molar-refractivity contribution < 1.29 is 4.79 Å². The SMILES string of the molecule is Cc1ccc(-c2nc3c(N4CCC(CCC(=O)NCCN(C)C)CC4)cccc3n2C)cc1. The van der Waals surface area contributed by atoms with Crippen LogP contribution < -0.4 is 10.2 Å². The second-order valence-electron chi connectivity index (χ2n) is 9.63. The summed E-state index contributed by atoms with van der Waals surface area (Å²) in [5, 5.41) is 3.03. The molecule has 3 aromatic rings. The molecule has 1 N–H and O–H groups in total. The molecule has 1 amide bonds. The van der Waals surface area contributed by atoms with E-state index in [1.807, 2.05) is 14.1 Å². The fraction of sp³-hybridized carbons (Fsp3) is 0.481. The van der Waals surface area contributed by atoms with E-state index >= 15 is 0 Å². The van der Waals surface area contributed by atoms with Crippen molar-refractivity contribution in [1.82, 2.24) is 19.8 Å². The minimum Gasteiger partial charge on any atom is -0.370 e. The highest BCUT2D eigenvalue weighted by Gasteiger charge is 2.23. The molecule has 0 saturated carbocycles. The summed E-state index contributed by atoms with van der Waals surface area (Å²) in [4.78, 5) is 21.7. The zero-order valence-corrected chi connectivity index (χ0v) is 20.5. The lowest BCUT2D eigenvalue weighted by Gasteiger charge is -2.33. The Balaban J connectivity index is 1.39. The van der Waals surface area contributed by atoms with E-state index < -0.39 is 0 Å². The molecule has 176 valence electrons. The lowest BCUT2D eigenvalue weighted by Crippen LogP contribution is -2.35. The minimum absolute atomic E-state index is 0.182. The summed E-state index contributed by atoms with van der Waals surface area (Å²) in [5.41, 5.74) is 5.87. The Morgan fingerprint density at radius 1 is 1.12 bits per heavy atom. The van der Waals surface area contributed by atoms with Crippen molar-refractivity contribution in [2.45, 2.75) is 32.6 Å². The molecule has 1 aliphatic heterocycles. The van der Waals surface area contributed by atoms with Gasteiger partial charge in [-0.15, -0.1) is 0 Å². The molecule has 33 heavy (non-hydrogen) atoms. The van der Waals surface area contributed by atoms with E-state index in [9.17, 15) is 4.79 Å². The van der Waals surface area contributed by atoms with Gasteiger partial charge in [0.1, 0.15) is 11.3 Å². The second kappa shape index (κ2) is 10.4. The summed E-state index contributed by atoms with van der Waals surface area (Å²) in [6.45, 7) is 5.75. The molecule has 6 nitrogen and oxygen atoms in total. The Kier molecular flexibility index (Phi) is 7.33. The average Bonchev–Trinajstić information content (AvgIpc) is 3.15. The van der Waals surface area contributed by atoms with Crippen LogP contribution in [0.25, 0.3) is 22.4 Å². The van der Waals surface area contributed by atoms with Crippen molar-refractivity contribution in [2.75, 3.05) is 45.2 Å². The molecular weight excluding hydrogens is 410 g/mol. The molecule has 0 spiro atoms. The van der Waals surface area contributed by atoms with Crippen molar-refractivity contribution in [3.05, 3.63) is 48.0 Å². The van der Waals surface area contributed by atoms with Gasteiger partial charge in [-0.25, -0.2) is 4.98 Å². The van der Waals surface area contributed by atoms with Crippen LogP contribution in [0.1, 0.15) is 31.2 Å². The van der Waals surface area contributed by atoms with Crippen LogP contribution in [0.15, 0.2) is 42.5 Å². The Hall–Kier alpha value is -2.86. The van der Waals surface area contributed by atoms with Crippen LogP contribution in [0, 0.1) is 12.8 Å². The standard InChI is InChI=1S/C27H37N5O/c1-20-8-11-22(12-9-20)27-29-26-23(31(27)4)6-5-7-24(26)32-17-14-21(15-18-32)10-13-25(33)28-16-19-30(2)3/h5-9,11-12,21H,10,13-19H2,1-4H3,(H,28,33). The number of rotatable bonds is 8. The van der Waals surface area contributed by atoms with Crippen molar-refractivity contribution in [2.24, 2.45) is 13.0 Å². The molecule has 0 radical (unpaired) electrons. The first-order valence-corrected chi connectivity index (χ1v) is 12.1. The van der Waals surface area contributed by atoms with Crippen LogP contribution in [0.3, 0.4) is 0 Å². The Morgan fingerprint density at radius 3 is 2.55 bits per heavy atom. The van der Waals surface area contributed by atoms with Crippen LogP contribution in [0.5, 0.6) is 0 Å². The van der Waals surface area contributed by atoms with E-state index in [-0.39, 0.29) is 5.91 Å². The number of hydrogen-bond donors (Lipinski definition) is 1. The number of fused-ring (bicyclic) bond motifs is 1. The first-order chi connectivity index (χ1) is 15.9. The largest absolute Gasteiger partial charge is 0.370 e. The smallest absolute Gasteiger partial charge is 0.220 e. The van der Waals surface area contributed by atoms with E-state index in [0.717, 1.165) is 62.3 Å². The minimum atomic E-state index is 0.182. The number of benzene rings is 2. The van der Waals surface area contributed by atoms with E-state index in [2.05, 4.69) is 76.1 Å². The van der Waals surface area contributed by atoms with Gasteiger partial charge in [-0.2, -0.15) is 0 Å². The summed E-state index contributed by atoms with van der Waals surface area (Å²) in [7, 11) is 6.15. The molecule has 0 atom stereocenters. The fourth-order valence-electron chi connectivity index (χ4n) is 4.72. The van der Waals surface area contributed by atoms with Gasteiger partial charge in [-0.1, -0.05) is 35.9 Å². The summed E-state index contributed by atoms with van der Waals surface area (Å²) in [6.07, 6.45) is 3.86. The summed E-state index contributed by atoms with van der Waals surface area (Å²) >= 11 is 0. The number of para-hydroxylation sites is 1. The highest BCUT2D eigenvalue weighted by molar-refractivity contribution is 5.91. The molecular formula is C27H37N5O. The normalized spacial score (nSPS) is 14.9. The van der Waals surface area contributed by atoms with Gasteiger partial charge in [0.25, 0.3) is 0 Å². The summed E-state index contributed by atoms with van der Waals surface area (Å²) < 4.78 is 2.20. The molecule has 4 rings (SSSR count). The zero-order chi connectivity index (χ0) is 23.4. The number of aryl methyl sites for hydroxylation is 2. The number of likely N-dealkylation sites (N-methyl/N-ethyl adjacent to an activating group) is 1. The third-order valence-corrected chi connectivity index (χ3v) is 6.82. The molecule has 2 aromatic carbocycles. The third-order valence-electron chi connectivity index (χ3n) is 6.82. The predicted octanol–water partition coefficient (Wildman–Crippen LogP) is 4.22. The summed E-state index contributed by atoms with van der Waals surface area (Å²) in [6, 6.07) is 15.1. The number of aromatic nitrogens is 2. The molecule has 6 heteroatoms. The number of nitrogens with one attached hydrogen (secondary N) is 1. The maximum Gasteiger partial charge on any atom is 0.220 e. The maximum absolute atomic E-state index is 12.1. The van der Waals surface area contributed by atoms with Crippen molar-refractivity contribution in [1.29, 1.82) is 0 Å². The first-order valence-electron chi connectivity index (χ1n) is 12.1. The van der Waals surface area contributed by atoms with Gasteiger partial charge in [0.15, 0.2) is 0 Å². The zero-order valence-electron chi connectivity index (χ0n) is 20.5. The number of hydrogen-bond acceptors (Lipinski definition) is 4.